The molecular weight excluding hydrogens is 510 g/mol. The van der Waals surface area contributed by atoms with Crippen LogP contribution in [-0.2, 0) is 21.4 Å². The van der Waals surface area contributed by atoms with Crippen LogP contribution in [0.15, 0.2) is 66.7 Å². The van der Waals surface area contributed by atoms with E-state index in [-0.39, 0.29) is 29.8 Å². The van der Waals surface area contributed by atoms with Crippen LogP contribution < -0.4 is 10.1 Å². The number of benzene rings is 3. The zero-order chi connectivity index (χ0) is 28.8. The van der Waals surface area contributed by atoms with Gasteiger partial charge < -0.3 is 19.9 Å². The van der Waals surface area contributed by atoms with E-state index in [0.717, 1.165) is 65.1 Å². The number of anilines is 1. The molecule has 1 atom stereocenters. The standard InChI is InChI=1S/C36H45NO4/c1-36(2,3)31-18-17-25(21-26(24-38)19-20-40-27-11-5-4-6-12-27)22-32(31)37-35(39)23-30-28-13-7-9-15-33(28)41-34-16-10-8-14-29(30)34/h7-10,13-18,22,26-27,30,38H,4-6,11-12,19-21,23-24H2,1-3H3,(H,37,39). The number of aliphatic hydroxyl groups is 1. The first-order valence-electron chi connectivity index (χ1n) is 15.3. The van der Waals surface area contributed by atoms with Gasteiger partial charge in [-0.15, -0.1) is 0 Å². The number of hydrogen-bond donors (Lipinski definition) is 2. The molecule has 0 spiro atoms. The highest BCUT2D eigenvalue weighted by Gasteiger charge is 2.29. The van der Waals surface area contributed by atoms with Crippen LogP contribution in [0.5, 0.6) is 11.5 Å². The third kappa shape index (κ3) is 7.38. The first-order valence-corrected chi connectivity index (χ1v) is 15.3. The van der Waals surface area contributed by atoms with Crippen LogP contribution in [0.3, 0.4) is 0 Å². The highest BCUT2D eigenvalue weighted by atomic mass is 16.5. The van der Waals surface area contributed by atoms with E-state index < -0.39 is 0 Å². The number of ether oxygens (including phenoxy) is 2. The molecule has 0 radical (unpaired) electrons. The smallest absolute Gasteiger partial charge is 0.225 e. The molecular formula is C36H45NO4. The molecule has 5 rings (SSSR count). The molecule has 1 aliphatic heterocycles. The fraction of sp³-hybridized carbons (Fsp3) is 0.472. The number of fused-ring (bicyclic) bond motifs is 2. The van der Waals surface area contributed by atoms with Gasteiger partial charge in [0, 0.05) is 42.4 Å². The number of nitrogens with one attached hydrogen (secondary N) is 1. The maximum absolute atomic E-state index is 13.7. The van der Waals surface area contributed by atoms with Crippen LogP contribution in [0.2, 0.25) is 0 Å². The lowest BCUT2D eigenvalue weighted by Crippen LogP contribution is -2.22. The van der Waals surface area contributed by atoms with Crippen molar-refractivity contribution < 1.29 is 19.4 Å². The van der Waals surface area contributed by atoms with Crippen molar-refractivity contribution in [3.05, 3.63) is 89.0 Å². The van der Waals surface area contributed by atoms with Gasteiger partial charge in [-0.05, 0) is 66.3 Å². The van der Waals surface area contributed by atoms with Gasteiger partial charge in [0.05, 0.1) is 6.10 Å². The summed E-state index contributed by atoms with van der Waals surface area (Å²) in [6, 6.07) is 22.4. The first kappa shape index (κ1) is 29.3. The summed E-state index contributed by atoms with van der Waals surface area (Å²) in [5.41, 5.74) is 5.00. The second-order valence-electron chi connectivity index (χ2n) is 12.8. The molecule has 5 heteroatoms. The van der Waals surface area contributed by atoms with E-state index in [1.807, 2.05) is 36.4 Å². The van der Waals surface area contributed by atoms with Crippen molar-refractivity contribution in [2.24, 2.45) is 5.92 Å². The molecule has 41 heavy (non-hydrogen) atoms. The lowest BCUT2D eigenvalue weighted by molar-refractivity contribution is -0.116. The van der Waals surface area contributed by atoms with Crippen molar-refractivity contribution in [1.29, 1.82) is 0 Å². The molecule has 1 heterocycles. The van der Waals surface area contributed by atoms with Crippen molar-refractivity contribution >= 4 is 11.6 Å². The van der Waals surface area contributed by atoms with Gasteiger partial charge in [-0.2, -0.15) is 0 Å². The summed E-state index contributed by atoms with van der Waals surface area (Å²) in [5.74, 6) is 1.63. The number of hydrogen-bond acceptors (Lipinski definition) is 4. The molecule has 3 aromatic rings. The normalized spacial score (nSPS) is 16.4. The maximum Gasteiger partial charge on any atom is 0.225 e. The number of carbonyl (C=O) groups is 1. The van der Waals surface area contributed by atoms with Crippen LogP contribution in [0, 0.1) is 5.92 Å². The minimum absolute atomic E-state index is 0.0243. The van der Waals surface area contributed by atoms with Crippen molar-refractivity contribution in [2.45, 2.75) is 89.6 Å². The van der Waals surface area contributed by atoms with E-state index in [1.54, 1.807) is 0 Å². The Morgan fingerprint density at radius 1 is 0.976 bits per heavy atom. The highest BCUT2D eigenvalue weighted by Crippen LogP contribution is 2.45. The van der Waals surface area contributed by atoms with Gasteiger partial charge >= 0.3 is 0 Å². The molecule has 1 saturated carbocycles. The number of rotatable bonds is 10. The summed E-state index contributed by atoms with van der Waals surface area (Å²) in [4.78, 5) is 13.7. The Labute approximate surface area is 245 Å². The van der Waals surface area contributed by atoms with Gasteiger partial charge in [0.15, 0.2) is 0 Å². The van der Waals surface area contributed by atoms with Gasteiger partial charge in [-0.3, -0.25) is 4.79 Å². The quantitative estimate of drug-likeness (QED) is 0.265. The molecule has 218 valence electrons. The van der Waals surface area contributed by atoms with Crippen molar-refractivity contribution in [3.8, 4) is 11.5 Å². The molecule has 1 unspecified atom stereocenters. The zero-order valence-corrected chi connectivity index (χ0v) is 24.8. The predicted octanol–water partition coefficient (Wildman–Crippen LogP) is 8.14. The van der Waals surface area contributed by atoms with Crippen molar-refractivity contribution in [2.75, 3.05) is 18.5 Å². The Morgan fingerprint density at radius 2 is 1.63 bits per heavy atom. The van der Waals surface area contributed by atoms with Crippen LogP contribution in [0.1, 0.15) is 93.9 Å². The van der Waals surface area contributed by atoms with E-state index in [9.17, 15) is 9.90 Å². The van der Waals surface area contributed by atoms with Gasteiger partial charge in [-0.1, -0.05) is 88.6 Å². The van der Waals surface area contributed by atoms with Gasteiger partial charge in [0.1, 0.15) is 11.5 Å². The topological polar surface area (TPSA) is 67.8 Å². The van der Waals surface area contributed by atoms with E-state index in [1.165, 1.54) is 19.3 Å². The average Bonchev–Trinajstić information content (AvgIpc) is 2.96. The summed E-state index contributed by atoms with van der Waals surface area (Å²) in [5, 5.41) is 13.4. The monoisotopic (exact) mass is 555 g/mol. The summed E-state index contributed by atoms with van der Waals surface area (Å²) in [6.45, 7) is 7.32. The summed E-state index contributed by atoms with van der Waals surface area (Å²) < 4.78 is 12.3. The molecule has 2 aliphatic rings. The summed E-state index contributed by atoms with van der Waals surface area (Å²) in [7, 11) is 0. The number of para-hydroxylation sites is 2. The van der Waals surface area contributed by atoms with Crippen LogP contribution >= 0.6 is 0 Å². The van der Waals surface area contributed by atoms with Crippen molar-refractivity contribution in [3.63, 3.8) is 0 Å². The highest BCUT2D eigenvalue weighted by molar-refractivity contribution is 5.93. The Bertz CT molecular complexity index is 1280. The van der Waals surface area contributed by atoms with Crippen LogP contribution in [0.25, 0.3) is 0 Å². The van der Waals surface area contributed by atoms with E-state index in [2.05, 4.69) is 56.4 Å². The maximum atomic E-state index is 13.7. The zero-order valence-electron chi connectivity index (χ0n) is 24.8. The lowest BCUT2D eigenvalue weighted by Gasteiger charge is -2.28. The lowest BCUT2D eigenvalue weighted by atomic mass is 9.83. The number of aliphatic hydroxyl groups excluding tert-OH is 1. The second kappa shape index (κ2) is 13.2. The molecule has 1 fully saturated rings. The summed E-state index contributed by atoms with van der Waals surface area (Å²) in [6.07, 6.45) is 8.44. The molecule has 1 aliphatic carbocycles. The SMILES string of the molecule is CC(C)(C)c1ccc(CC(CO)CCOC2CCCCC2)cc1NC(=O)CC1c2ccccc2Oc2ccccc21. The molecule has 0 bridgehead atoms. The van der Waals surface area contributed by atoms with Gasteiger partial charge in [0.25, 0.3) is 0 Å². The Morgan fingerprint density at radius 3 is 2.27 bits per heavy atom. The molecule has 1 amide bonds. The summed E-state index contributed by atoms with van der Waals surface area (Å²) >= 11 is 0. The minimum Gasteiger partial charge on any atom is -0.457 e. The second-order valence-corrected chi connectivity index (χ2v) is 12.8. The first-order chi connectivity index (χ1) is 19.8. The van der Waals surface area contributed by atoms with Crippen LogP contribution in [0.4, 0.5) is 5.69 Å². The Kier molecular flexibility index (Phi) is 9.46. The minimum atomic E-state index is -0.136. The predicted molar refractivity (Wildman–Crippen MR) is 165 cm³/mol. The van der Waals surface area contributed by atoms with E-state index >= 15 is 0 Å². The van der Waals surface area contributed by atoms with E-state index in [0.29, 0.717) is 19.1 Å². The molecule has 5 nitrogen and oxygen atoms in total. The Hall–Kier alpha value is -3.15. The fourth-order valence-corrected chi connectivity index (χ4v) is 6.32. The molecule has 3 aromatic carbocycles. The van der Waals surface area contributed by atoms with Gasteiger partial charge in [0.2, 0.25) is 5.91 Å². The van der Waals surface area contributed by atoms with Crippen molar-refractivity contribution in [1.82, 2.24) is 0 Å². The number of amides is 1. The molecule has 0 aromatic heterocycles. The Balaban J connectivity index is 1.30. The third-order valence-corrected chi connectivity index (χ3v) is 8.58. The number of carbonyl (C=O) groups excluding carboxylic acids is 1. The molecule has 0 saturated heterocycles. The largest absolute Gasteiger partial charge is 0.457 e. The fourth-order valence-electron chi connectivity index (χ4n) is 6.32. The van der Waals surface area contributed by atoms with Crippen LogP contribution in [-0.4, -0.2) is 30.3 Å². The average molecular weight is 556 g/mol. The van der Waals surface area contributed by atoms with Gasteiger partial charge in [-0.25, -0.2) is 0 Å². The third-order valence-electron chi connectivity index (χ3n) is 8.58. The molecule has 2 N–H and O–H groups in total. The van der Waals surface area contributed by atoms with E-state index in [4.69, 9.17) is 9.47 Å².